The number of thioether (sulfide) groups is 1. The van der Waals surface area contributed by atoms with Crippen LogP contribution in [-0.2, 0) is 4.79 Å². The van der Waals surface area contributed by atoms with E-state index in [0.717, 1.165) is 17.0 Å². The van der Waals surface area contributed by atoms with E-state index in [0.29, 0.717) is 40.0 Å². The highest BCUT2D eigenvalue weighted by atomic mass is 79.9. The van der Waals surface area contributed by atoms with Gasteiger partial charge in [0.05, 0.1) is 47.4 Å². The number of methoxy groups -OCH3 is 1. The lowest BCUT2D eigenvalue weighted by Crippen LogP contribution is -2.47. The smallest absolute Gasteiger partial charge is 0.229 e. The predicted octanol–water partition coefficient (Wildman–Crippen LogP) is 4.78. The molecular weight excluding hydrogens is 494 g/mol. The average Bonchev–Trinajstić information content (AvgIpc) is 2.81. The van der Waals surface area contributed by atoms with Crippen LogP contribution in [0.1, 0.15) is 24.8 Å². The molecule has 1 saturated heterocycles. The molecule has 1 atom stereocenters. The van der Waals surface area contributed by atoms with Crippen molar-refractivity contribution in [3.8, 4) is 23.3 Å². The van der Waals surface area contributed by atoms with Crippen molar-refractivity contribution in [1.29, 1.82) is 5.26 Å². The minimum atomic E-state index is -0.394. The summed E-state index contributed by atoms with van der Waals surface area (Å²) in [5.41, 5.74) is 2.29. The van der Waals surface area contributed by atoms with Gasteiger partial charge in [-0.2, -0.15) is 5.26 Å². The zero-order valence-corrected chi connectivity index (χ0v) is 20.1. The minimum absolute atomic E-state index is 0.00999. The molecule has 0 aromatic heterocycles. The molecule has 32 heavy (non-hydrogen) atoms. The number of benzene rings is 2. The van der Waals surface area contributed by atoms with Gasteiger partial charge in [0.25, 0.3) is 0 Å². The van der Waals surface area contributed by atoms with Crippen molar-refractivity contribution in [2.75, 3.05) is 31.2 Å². The quantitative estimate of drug-likeness (QED) is 0.612. The fourth-order valence-corrected chi connectivity index (χ4v) is 5.51. The van der Waals surface area contributed by atoms with Gasteiger partial charge >= 0.3 is 0 Å². The Morgan fingerprint density at radius 2 is 2.06 bits per heavy atom. The Bertz CT molecular complexity index is 1110. The molecule has 166 valence electrons. The first-order valence-corrected chi connectivity index (χ1v) is 11.9. The Kier molecular flexibility index (Phi) is 6.53. The van der Waals surface area contributed by atoms with Crippen molar-refractivity contribution in [1.82, 2.24) is 4.90 Å². The fraction of sp³-hybridized carbons (Fsp3) is 0.304. The van der Waals surface area contributed by atoms with Crippen LogP contribution in [-0.4, -0.2) is 42.2 Å². The monoisotopic (exact) mass is 515 g/mol. The standard InChI is InChI=1S/C23H22BrN3O4S/c1-3-31-16-6-4-15(5-7-16)26-12-27-21(28)10-17(18(11-25)23(27)32-13-26)14-8-19(24)22(29)20(9-14)30-2/h4-9,17,29H,3,10,12-13H2,1-2H3/t17-/m0/s1. The first-order chi connectivity index (χ1) is 15.5. The van der Waals surface area contributed by atoms with Gasteiger partial charge < -0.3 is 19.5 Å². The molecule has 2 aromatic carbocycles. The highest BCUT2D eigenvalue weighted by Gasteiger charge is 2.38. The van der Waals surface area contributed by atoms with Crippen molar-refractivity contribution in [3.05, 3.63) is 57.0 Å². The molecule has 9 heteroatoms. The van der Waals surface area contributed by atoms with Gasteiger partial charge in [0.2, 0.25) is 5.91 Å². The highest BCUT2D eigenvalue weighted by molar-refractivity contribution is 9.10. The summed E-state index contributed by atoms with van der Waals surface area (Å²) in [6.07, 6.45) is 0.171. The second-order valence-corrected chi connectivity index (χ2v) is 9.13. The van der Waals surface area contributed by atoms with E-state index < -0.39 is 5.92 Å². The van der Waals surface area contributed by atoms with Crippen molar-refractivity contribution >= 4 is 39.3 Å². The van der Waals surface area contributed by atoms with Crippen LogP contribution in [0.4, 0.5) is 5.69 Å². The molecule has 2 heterocycles. The van der Waals surface area contributed by atoms with Crippen LogP contribution < -0.4 is 14.4 Å². The number of amides is 1. The molecule has 0 radical (unpaired) electrons. The van der Waals surface area contributed by atoms with Crippen LogP contribution in [0.25, 0.3) is 0 Å². The molecular formula is C23H22BrN3O4S. The van der Waals surface area contributed by atoms with Gasteiger partial charge in [-0.15, -0.1) is 0 Å². The van der Waals surface area contributed by atoms with Crippen LogP contribution in [0.5, 0.6) is 17.2 Å². The number of ether oxygens (including phenoxy) is 2. The molecule has 2 aliphatic heterocycles. The van der Waals surface area contributed by atoms with E-state index in [2.05, 4.69) is 26.9 Å². The molecule has 0 saturated carbocycles. The summed E-state index contributed by atoms with van der Waals surface area (Å²) in [6, 6.07) is 13.5. The Morgan fingerprint density at radius 3 is 2.72 bits per heavy atom. The Balaban J connectivity index is 1.63. The van der Waals surface area contributed by atoms with Crippen LogP contribution in [0.15, 0.2) is 51.5 Å². The van der Waals surface area contributed by atoms with Crippen molar-refractivity contribution in [2.45, 2.75) is 19.3 Å². The molecule has 2 aromatic rings. The van der Waals surface area contributed by atoms with Crippen molar-refractivity contribution < 1.29 is 19.4 Å². The summed E-state index contributed by atoms with van der Waals surface area (Å²) in [7, 11) is 1.47. The SMILES string of the molecule is CCOc1ccc(N2CSC3=C(C#N)[C@H](c4cc(Br)c(O)c(OC)c4)CC(=O)N3C2)cc1. The molecule has 0 unspecified atom stereocenters. The van der Waals surface area contributed by atoms with Gasteiger partial charge in [0.1, 0.15) is 5.75 Å². The summed E-state index contributed by atoms with van der Waals surface area (Å²) < 4.78 is 11.2. The van der Waals surface area contributed by atoms with Crippen molar-refractivity contribution in [2.24, 2.45) is 0 Å². The number of hydrogen-bond donors (Lipinski definition) is 1. The Labute approximate surface area is 199 Å². The third kappa shape index (κ3) is 4.12. The predicted molar refractivity (Wildman–Crippen MR) is 127 cm³/mol. The van der Waals surface area contributed by atoms with E-state index in [-0.39, 0.29) is 18.1 Å². The fourth-order valence-electron chi connectivity index (χ4n) is 3.88. The van der Waals surface area contributed by atoms with Gasteiger partial charge in [0.15, 0.2) is 11.5 Å². The number of aromatic hydroxyl groups is 1. The third-order valence-electron chi connectivity index (χ3n) is 5.48. The summed E-state index contributed by atoms with van der Waals surface area (Å²) >= 11 is 4.81. The second kappa shape index (κ2) is 9.35. The Hall–Kier alpha value is -2.83. The number of carbonyl (C=O) groups is 1. The molecule has 0 aliphatic carbocycles. The van der Waals surface area contributed by atoms with E-state index in [4.69, 9.17) is 9.47 Å². The molecule has 0 bridgehead atoms. The van der Waals surface area contributed by atoms with E-state index in [1.54, 1.807) is 17.0 Å². The molecule has 1 amide bonds. The Morgan fingerprint density at radius 1 is 1.31 bits per heavy atom. The number of phenolic OH excluding ortho intramolecular Hbond substituents is 1. The number of carbonyl (C=O) groups excluding carboxylic acids is 1. The topological polar surface area (TPSA) is 86.0 Å². The third-order valence-corrected chi connectivity index (χ3v) is 7.24. The van der Waals surface area contributed by atoms with E-state index in [9.17, 15) is 15.2 Å². The first-order valence-electron chi connectivity index (χ1n) is 10.1. The summed E-state index contributed by atoms with van der Waals surface area (Å²) in [4.78, 5) is 16.9. The van der Waals surface area contributed by atoms with Crippen molar-refractivity contribution in [3.63, 3.8) is 0 Å². The number of allylic oxidation sites excluding steroid dienone is 1. The zero-order valence-electron chi connectivity index (χ0n) is 17.7. The molecule has 2 aliphatic rings. The maximum absolute atomic E-state index is 13.1. The van der Waals surface area contributed by atoms with Gasteiger partial charge in [0, 0.05) is 18.0 Å². The molecule has 1 N–H and O–H groups in total. The number of hydrogen-bond acceptors (Lipinski definition) is 7. The lowest BCUT2D eigenvalue weighted by molar-refractivity contribution is -0.129. The largest absolute Gasteiger partial charge is 0.503 e. The molecule has 4 rings (SSSR count). The van der Waals surface area contributed by atoms with E-state index in [1.807, 2.05) is 31.2 Å². The second-order valence-electron chi connectivity index (χ2n) is 7.34. The molecule has 7 nitrogen and oxygen atoms in total. The lowest BCUT2D eigenvalue weighted by Gasteiger charge is -2.42. The van der Waals surface area contributed by atoms with Crippen LogP contribution >= 0.6 is 27.7 Å². The number of fused-ring (bicyclic) bond motifs is 1. The van der Waals surface area contributed by atoms with Gasteiger partial charge in [-0.05, 0) is 64.8 Å². The number of rotatable bonds is 5. The normalized spacial score (nSPS) is 18.3. The zero-order chi connectivity index (χ0) is 22.8. The van der Waals surface area contributed by atoms with Gasteiger partial charge in [-0.3, -0.25) is 9.69 Å². The minimum Gasteiger partial charge on any atom is -0.503 e. The average molecular weight is 516 g/mol. The number of phenols is 1. The van der Waals surface area contributed by atoms with Crippen LogP contribution in [0.3, 0.4) is 0 Å². The maximum atomic E-state index is 13.1. The van der Waals surface area contributed by atoms with Gasteiger partial charge in [-0.25, -0.2) is 0 Å². The molecule has 1 fully saturated rings. The lowest BCUT2D eigenvalue weighted by atomic mass is 9.86. The summed E-state index contributed by atoms with van der Waals surface area (Å²) in [5.74, 6) is 1.27. The number of nitrogens with zero attached hydrogens (tertiary/aromatic N) is 3. The van der Waals surface area contributed by atoms with Gasteiger partial charge in [-0.1, -0.05) is 11.8 Å². The van der Waals surface area contributed by atoms with Crippen LogP contribution in [0.2, 0.25) is 0 Å². The summed E-state index contributed by atoms with van der Waals surface area (Å²) in [5, 5.41) is 20.8. The number of halogens is 1. The number of anilines is 1. The van der Waals surface area contributed by atoms with E-state index in [1.165, 1.54) is 18.9 Å². The first kappa shape index (κ1) is 22.4. The highest BCUT2D eigenvalue weighted by Crippen LogP contribution is 2.46. The van der Waals surface area contributed by atoms with E-state index >= 15 is 0 Å². The molecule has 0 spiro atoms. The maximum Gasteiger partial charge on any atom is 0.229 e. The number of nitriles is 1. The summed E-state index contributed by atoms with van der Waals surface area (Å²) in [6.45, 7) is 2.94. The van der Waals surface area contributed by atoms with Crippen LogP contribution in [0, 0.1) is 11.3 Å².